The Morgan fingerprint density at radius 3 is 2.58 bits per heavy atom. The fraction of sp³-hybridized carbons (Fsp3) is 0.421. The number of aromatic nitrogens is 2. The first kappa shape index (κ1) is 17.9. The molecule has 0 saturated carbocycles. The quantitative estimate of drug-likeness (QED) is 0.781. The Hall–Kier alpha value is -2.43. The first-order chi connectivity index (χ1) is 11.5. The maximum absolute atomic E-state index is 12.2. The molecule has 2 N–H and O–H groups in total. The fourth-order valence-corrected chi connectivity index (χ4v) is 2.32. The molecule has 0 aliphatic carbocycles. The van der Waals surface area contributed by atoms with Gasteiger partial charge in [0.1, 0.15) is 17.3 Å². The van der Waals surface area contributed by atoms with E-state index in [1.54, 1.807) is 13.0 Å². The third kappa shape index (κ3) is 5.99. The van der Waals surface area contributed by atoms with Gasteiger partial charge in [0.15, 0.2) is 0 Å². The van der Waals surface area contributed by atoms with Crippen molar-refractivity contribution in [3.63, 3.8) is 0 Å². The number of hydrogen-bond donors (Lipinski definition) is 2. The number of rotatable bonds is 8. The molecule has 1 heterocycles. The lowest BCUT2D eigenvalue weighted by atomic mass is 10.1. The predicted octanol–water partition coefficient (Wildman–Crippen LogP) is 3.22. The fourth-order valence-electron chi connectivity index (χ4n) is 2.32. The molecule has 24 heavy (non-hydrogen) atoms. The van der Waals surface area contributed by atoms with Crippen LogP contribution in [0.2, 0.25) is 0 Å². The van der Waals surface area contributed by atoms with Crippen LogP contribution in [-0.2, 0) is 6.42 Å². The third-order valence-corrected chi connectivity index (χ3v) is 3.64. The molecular weight excluding hydrogens is 300 g/mol. The average Bonchev–Trinajstić information content (AvgIpc) is 2.55. The molecule has 0 bridgehead atoms. The normalized spacial score (nSPS) is 10.7. The monoisotopic (exact) mass is 326 g/mol. The van der Waals surface area contributed by atoms with E-state index < -0.39 is 0 Å². The summed E-state index contributed by atoms with van der Waals surface area (Å²) in [6, 6.07) is 12.0. The smallest absolute Gasteiger partial charge is 0.270 e. The Kier molecular flexibility index (Phi) is 6.73. The molecular formula is C19H26N4O. The van der Waals surface area contributed by atoms with Gasteiger partial charge in [0.25, 0.3) is 5.91 Å². The zero-order chi connectivity index (χ0) is 17.4. The highest BCUT2D eigenvalue weighted by Crippen LogP contribution is 2.08. The number of hydrogen-bond acceptors (Lipinski definition) is 4. The van der Waals surface area contributed by atoms with E-state index in [4.69, 9.17) is 0 Å². The van der Waals surface area contributed by atoms with Crippen LogP contribution in [0.5, 0.6) is 0 Å². The van der Waals surface area contributed by atoms with Gasteiger partial charge in [-0.15, -0.1) is 0 Å². The maximum Gasteiger partial charge on any atom is 0.270 e. The molecule has 0 aliphatic rings. The molecule has 0 fully saturated rings. The zero-order valence-corrected chi connectivity index (χ0v) is 14.7. The van der Waals surface area contributed by atoms with Gasteiger partial charge in [-0.3, -0.25) is 4.79 Å². The Morgan fingerprint density at radius 2 is 1.88 bits per heavy atom. The van der Waals surface area contributed by atoms with Gasteiger partial charge in [-0.2, -0.15) is 0 Å². The summed E-state index contributed by atoms with van der Waals surface area (Å²) in [6.45, 7) is 7.49. The van der Waals surface area contributed by atoms with Crippen molar-refractivity contribution >= 4 is 11.7 Å². The van der Waals surface area contributed by atoms with Gasteiger partial charge in [0.2, 0.25) is 0 Å². The van der Waals surface area contributed by atoms with Gasteiger partial charge >= 0.3 is 0 Å². The topological polar surface area (TPSA) is 66.9 Å². The van der Waals surface area contributed by atoms with Gasteiger partial charge in [-0.1, -0.05) is 44.2 Å². The summed E-state index contributed by atoms with van der Waals surface area (Å²) >= 11 is 0. The number of carbonyl (C=O) groups excluding carboxylic acids is 1. The van der Waals surface area contributed by atoms with E-state index in [0.29, 0.717) is 29.8 Å². The van der Waals surface area contributed by atoms with E-state index in [9.17, 15) is 4.79 Å². The Labute approximate surface area is 143 Å². The number of nitrogens with zero attached hydrogens (tertiary/aromatic N) is 2. The van der Waals surface area contributed by atoms with Crippen molar-refractivity contribution in [1.82, 2.24) is 15.3 Å². The molecule has 2 aromatic rings. The molecule has 0 aliphatic heterocycles. The van der Waals surface area contributed by atoms with Crippen LogP contribution < -0.4 is 10.6 Å². The zero-order valence-electron chi connectivity index (χ0n) is 14.7. The minimum Gasteiger partial charge on any atom is -0.370 e. The summed E-state index contributed by atoms with van der Waals surface area (Å²) in [5.74, 6) is 1.70. The van der Waals surface area contributed by atoms with Crippen molar-refractivity contribution < 1.29 is 4.79 Å². The second-order valence-corrected chi connectivity index (χ2v) is 6.29. The third-order valence-electron chi connectivity index (χ3n) is 3.64. The number of carbonyl (C=O) groups is 1. The number of aryl methyl sites for hydroxylation is 1. The molecule has 1 aromatic carbocycles. The van der Waals surface area contributed by atoms with Crippen LogP contribution in [0.25, 0.3) is 0 Å². The largest absolute Gasteiger partial charge is 0.370 e. The van der Waals surface area contributed by atoms with E-state index in [2.05, 4.69) is 46.6 Å². The van der Waals surface area contributed by atoms with Crippen molar-refractivity contribution in [3.05, 3.63) is 53.5 Å². The van der Waals surface area contributed by atoms with E-state index in [-0.39, 0.29) is 5.91 Å². The average molecular weight is 326 g/mol. The summed E-state index contributed by atoms with van der Waals surface area (Å²) in [5.41, 5.74) is 1.68. The van der Waals surface area contributed by atoms with E-state index >= 15 is 0 Å². The highest BCUT2D eigenvalue weighted by Gasteiger charge is 2.10. The highest BCUT2D eigenvalue weighted by atomic mass is 16.1. The second kappa shape index (κ2) is 9.01. The van der Waals surface area contributed by atoms with Crippen LogP contribution in [0, 0.1) is 12.8 Å². The molecule has 0 unspecified atom stereocenters. The molecule has 1 amide bonds. The van der Waals surface area contributed by atoms with Crippen LogP contribution in [-0.4, -0.2) is 29.0 Å². The van der Waals surface area contributed by atoms with Crippen molar-refractivity contribution in [3.8, 4) is 0 Å². The SMILES string of the molecule is Cc1nc(NCCc2ccccc2)cc(C(=O)NCCC(C)C)n1. The molecule has 0 radical (unpaired) electrons. The van der Waals surface area contributed by atoms with E-state index in [1.165, 1.54) is 5.56 Å². The van der Waals surface area contributed by atoms with Gasteiger partial charge < -0.3 is 10.6 Å². The minimum absolute atomic E-state index is 0.146. The van der Waals surface area contributed by atoms with Crippen molar-refractivity contribution in [2.75, 3.05) is 18.4 Å². The van der Waals surface area contributed by atoms with Gasteiger partial charge in [-0.05, 0) is 31.2 Å². The summed E-state index contributed by atoms with van der Waals surface area (Å²) in [6.07, 6.45) is 1.86. The molecule has 1 aromatic heterocycles. The lowest BCUT2D eigenvalue weighted by molar-refractivity contribution is 0.0946. The van der Waals surface area contributed by atoms with Gasteiger partial charge in [-0.25, -0.2) is 9.97 Å². The Morgan fingerprint density at radius 1 is 1.12 bits per heavy atom. The van der Waals surface area contributed by atoms with E-state index in [1.807, 2.05) is 18.2 Å². The van der Waals surface area contributed by atoms with Gasteiger partial charge in [0.05, 0.1) is 0 Å². The maximum atomic E-state index is 12.2. The lowest BCUT2D eigenvalue weighted by Gasteiger charge is -2.10. The van der Waals surface area contributed by atoms with Gasteiger partial charge in [0, 0.05) is 19.2 Å². The predicted molar refractivity (Wildman–Crippen MR) is 97.2 cm³/mol. The number of anilines is 1. The molecule has 5 heteroatoms. The van der Waals surface area contributed by atoms with Crippen molar-refractivity contribution in [2.24, 2.45) is 5.92 Å². The molecule has 128 valence electrons. The first-order valence-electron chi connectivity index (χ1n) is 8.46. The molecule has 0 atom stereocenters. The van der Waals surface area contributed by atoms with Crippen LogP contribution in [0.3, 0.4) is 0 Å². The Bertz CT molecular complexity index is 656. The summed E-state index contributed by atoms with van der Waals surface area (Å²) < 4.78 is 0. The second-order valence-electron chi connectivity index (χ2n) is 6.29. The standard InChI is InChI=1S/C19H26N4O/c1-14(2)9-11-21-19(24)17-13-18(23-15(3)22-17)20-12-10-16-7-5-4-6-8-16/h4-8,13-14H,9-12H2,1-3H3,(H,21,24)(H,20,22,23). The highest BCUT2D eigenvalue weighted by molar-refractivity contribution is 5.92. The summed E-state index contributed by atoms with van der Waals surface area (Å²) in [4.78, 5) is 20.8. The summed E-state index contributed by atoms with van der Waals surface area (Å²) in [7, 11) is 0. The molecule has 0 saturated heterocycles. The molecule has 5 nitrogen and oxygen atoms in total. The van der Waals surface area contributed by atoms with Crippen LogP contribution in [0.4, 0.5) is 5.82 Å². The molecule has 0 spiro atoms. The van der Waals surface area contributed by atoms with Crippen LogP contribution in [0.15, 0.2) is 36.4 Å². The van der Waals surface area contributed by atoms with Crippen LogP contribution in [0.1, 0.15) is 42.1 Å². The minimum atomic E-state index is -0.146. The molecule has 2 rings (SSSR count). The first-order valence-corrected chi connectivity index (χ1v) is 8.46. The number of nitrogens with one attached hydrogen (secondary N) is 2. The summed E-state index contributed by atoms with van der Waals surface area (Å²) in [5, 5.41) is 6.18. The number of amides is 1. The van der Waals surface area contributed by atoms with Crippen LogP contribution >= 0.6 is 0 Å². The lowest BCUT2D eigenvalue weighted by Crippen LogP contribution is -2.26. The van der Waals surface area contributed by atoms with Crippen molar-refractivity contribution in [1.29, 1.82) is 0 Å². The number of benzene rings is 1. The van der Waals surface area contributed by atoms with E-state index in [0.717, 1.165) is 19.4 Å². The van der Waals surface area contributed by atoms with Crippen molar-refractivity contribution in [2.45, 2.75) is 33.6 Å². The Balaban J connectivity index is 1.91.